The lowest BCUT2D eigenvalue weighted by Crippen LogP contribution is -2.61. The van der Waals surface area contributed by atoms with E-state index in [9.17, 15) is 14.0 Å². The minimum Gasteiger partial charge on any atom is -0.465 e. The van der Waals surface area contributed by atoms with E-state index in [1.54, 1.807) is 19.1 Å². The number of carbonyl (C=O) groups excluding carboxylic acids is 2. The molecule has 226 valence electrons. The van der Waals surface area contributed by atoms with Crippen LogP contribution in [0.15, 0.2) is 42.6 Å². The third-order valence-electron chi connectivity index (χ3n) is 8.10. The van der Waals surface area contributed by atoms with E-state index in [4.69, 9.17) is 26.3 Å². The molecule has 0 spiro atoms. The average Bonchev–Trinajstić information content (AvgIpc) is 3.32. The van der Waals surface area contributed by atoms with Crippen molar-refractivity contribution in [3.63, 3.8) is 0 Å². The lowest BCUT2D eigenvalue weighted by Gasteiger charge is -2.47. The smallest absolute Gasteiger partial charge is 0.339 e. The maximum absolute atomic E-state index is 14.4. The number of ether oxygens (including phenoxy) is 1. The first-order valence-electron chi connectivity index (χ1n) is 14.2. The fourth-order valence-corrected chi connectivity index (χ4v) is 5.99. The van der Waals surface area contributed by atoms with E-state index in [0.29, 0.717) is 47.8 Å². The monoisotopic (exact) mass is 605 g/mol. The summed E-state index contributed by atoms with van der Waals surface area (Å²) >= 11 is 5.94. The second-order valence-electron chi connectivity index (χ2n) is 12.8. The molecule has 1 aliphatic heterocycles. The Labute approximate surface area is 256 Å². The number of aromatic nitrogens is 3. The zero-order valence-electron chi connectivity index (χ0n) is 25.9. The van der Waals surface area contributed by atoms with Crippen LogP contribution < -0.4 is 4.90 Å². The number of rotatable bonds is 4. The molecule has 1 amide bonds. The van der Waals surface area contributed by atoms with Crippen LogP contribution in [0, 0.1) is 19.7 Å². The molecule has 0 aliphatic carbocycles. The first kappa shape index (κ1) is 30.5. The quantitative estimate of drug-likeness (QED) is 0.242. The number of anilines is 1. The first-order chi connectivity index (χ1) is 20.1. The summed E-state index contributed by atoms with van der Waals surface area (Å²) in [6, 6.07) is 10.2. The Bertz CT molecular complexity index is 1730. The minimum absolute atomic E-state index is 0.0595. The molecule has 0 atom stereocenters. The van der Waals surface area contributed by atoms with Crippen molar-refractivity contribution in [1.82, 2.24) is 19.4 Å². The third kappa shape index (κ3) is 5.58. The highest BCUT2D eigenvalue weighted by Crippen LogP contribution is 2.34. The largest absolute Gasteiger partial charge is 0.465 e. The van der Waals surface area contributed by atoms with Gasteiger partial charge in [-0.1, -0.05) is 32.4 Å². The molecule has 1 saturated heterocycles. The van der Waals surface area contributed by atoms with Crippen molar-refractivity contribution in [2.45, 2.75) is 59.4 Å². The Balaban J connectivity index is 1.46. The summed E-state index contributed by atoms with van der Waals surface area (Å²) in [6.45, 7) is 15.6. The van der Waals surface area contributed by atoms with Gasteiger partial charge in [0.2, 0.25) is 0 Å². The first-order valence-corrected chi connectivity index (χ1v) is 14.6. The van der Waals surface area contributed by atoms with Crippen LogP contribution in [0.4, 0.5) is 10.2 Å². The number of esters is 1. The minimum atomic E-state index is -0.532. The van der Waals surface area contributed by atoms with Gasteiger partial charge in [0.15, 0.2) is 0 Å². The number of halogens is 2. The van der Waals surface area contributed by atoms with Crippen LogP contribution >= 0.6 is 11.6 Å². The Morgan fingerprint density at radius 2 is 1.77 bits per heavy atom. The second kappa shape index (κ2) is 10.9. The van der Waals surface area contributed by atoms with Gasteiger partial charge >= 0.3 is 5.97 Å². The van der Waals surface area contributed by atoms with Crippen molar-refractivity contribution in [1.29, 1.82) is 0 Å². The summed E-state index contributed by atoms with van der Waals surface area (Å²) in [6.07, 6.45) is 1.96. The summed E-state index contributed by atoms with van der Waals surface area (Å²) in [4.78, 5) is 39.8. The predicted molar refractivity (Wildman–Crippen MR) is 167 cm³/mol. The average molecular weight is 606 g/mol. The molecule has 0 saturated carbocycles. The molecule has 0 bridgehead atoms. The fourth-order valence-electron chi connectivity index (χ4n) is 5.87. The molecule has 1 aromatic carbocycles. The van der Waals surface area contributed by atoms with Crippen LogP contribution in [0.5, 0.6) is 0 Å². The van der Waals surface area contributed by atoms with E-state index in [1.165, 1.54) is 19.2 Å². The number of benzene rings is 1. The standard InChI is InChI=1S/C33H37ClFN5O3/c1-19-15-27(36-20(2)28(19)31(42)43-8)38-13-14-40(33(6,7)18-38)30(41)25-11-12-26-29(37-25)22(32(3,4)5)17-39(26)21-9-10-23(34)24(35)16-21/h9-12,15-17H,13-14,18H2,1-8H3. The number of aryl methyl sites for hydroxylation is 2. The number of hydrogen-bond acceptors (Lipinski definition) is 6. The molecule has 0 unspecified atom stereocenters. The molecule has 5 rings (SSSR count). The third-order valence-corrected chi connectivity index (χ3v) is 8.41. The van der Waals surface area contributed by atoms with Crippen molar-refractivity contribution >= 4 is 40.3 Å². The highest BCUT2D eigenvalue weighted by atomic mass is 35.5. The van der Waals surface area contributed by atoms with E-state index in [0.717, 1.165) is 22.5 Å². The van der Waals surface area contributed by atoms with Gasteiger partial charge in [-0.3, -0.25) is 4.79 Å². The van der Waals surface area contributed by atoms with Gasteiger partial charge in [0.25, 0.3) is 5.91 Å². The summed E-state index contributed by atoms with van der Waals surface area (Å²) in [5.41, 5.74) is 4.48. The normalized spacial score (nSPS) is 15.2. The van der Waals surface area contributed by atoms with Gasteiger partial charge in [0.1, 0.15) is 17.3 Å². The van der Waals surface area contributed by atoms with Crippen LogP contribution in [0.25, 0.3) is 16.7 Å². The maximum Gasteiger partial charge on any atom is 0.339 e. The van der Waals surface area contributed by atoms with Gasteiger partial charge in [-0.25, -0.2) is 19.2 Å². The van der Waals surface area contributed by atoms with Crippen molar-refractivity contribution in [2.75, 3.05) is 31.6 Å². The molecule has 1 fully saturated rings. The van der Waals surface area contributed by atoms with Crippen molar-refractivity contribution in [3.05, 3.63) is 81.5 Å². The summed E-state index contributed by atoms with van der Waals surface area (Å²) in [5.74, 6) is -0.297. The lowest BCUT2D eigenvalue weighted by atomic mass is 9.88. The predicted octanol–water partition coefficient (Wildman–Crippen LogP) is 6.65. The Hall–Kier alpha value is -3.98. The van der Waals surface area contributed by atoms with Gasteiger partial charge in [-0.2, -0.15) is 0 Å². The number of nitrogens with zero attached hydrogens (tertiary/aromatic N) is 5. The topological polar surface area (TPSA) is 80.6 Å². The summed E-state index contributed by atoms with van der Waals surface area (Å²) in [7, 11) is 1.36. The number of fused-ring (bicyclic) bond motifs is 1. The van der Waals surface area contributed by atoms with E-state index in [-0.39, 0.29) is 16.3 Å². The van der Waals surface area contributed by atoms with Gasteiger partial charge in [-0.05, 0) is 75.1 Å². The number of amides is 1. The highest BCUT2D eigenvalue weighted by Gasteiger charge is 2.38. The number of piperazine rings is 1. The van der Waals surface area contributed by atoms with Gasteiger partial charge in [0.05, 0.1) is 40.0 Å². The lowest BCUT2D eigenvalue weighted by molar-refractivity contribution is 0.0506. The van der Waals surface area contributed by atoms with E-state index < -0.39 is 17.3 Å². The molecule has 4 aromatic rings. The molecule has 10 heteroatoms. The van der Waals surface area contributed by atoms with Gasteiger partial charge < -0.3 is 19.1 Å². The van der Waals surface area contributed by atoms with E-state index in [2.05, 4.69) is 25.7 Å². The molecule has 0 radical (unpaired) electrons. The maximum atomic E-state index is 14.4. The van der Waals surface area contributed by atoms with E-state index in [1.807, 2.05) is 48.6 Å². The number of carbonyl (C=O) groups is 2. The zero-order valence-corrected chi connectivity index (χ0v) is 26.6. The molecule has 4 heterocycles. The Morgan fingerprint density at radius 3 is 2.37 bits per heavy atom. The van der Waals surface area contributed by atoms with E-state index >= 15 is 0 Å². The van der Waals surface area contributed by atoms with Crippen molar-refractivity contribution < 1.29 is 18.7 Å². The second-order valence-corrected chi connectivity index (χ2v) is 13.2. The van der Waals surface area contributed by atoms with Gasteiger partial charge in [0, 0.05) is 37.1 Å². The molecule has 8 nitrogen and oxygen atoms in total. The molecule has 0 N–H and O–H groups in total. The van der Waals surface area contributed by atoms with Crippen LogP contribution in [-0.4, -0.2) is 63.6 Å². The Kier molecular flexibility index (Phi) is 7.75. The number of pyridine rings is 2. The number of methoxy groups -OCH3 is 1. The van der Waals surface area contributed by atoms with Crippen LogP contribution in [0.3, 0.4) is 0 Å². The molecular formula is C33H37ClFN5O3. The van der Waals surface area contributed by atoms with Crippen molar-refractivity contribution in [2.24, 2.45) is 0 Å². The molecule has 43 heavy (non-hydrogen) atoms. The summed E-state index contributed by atoms with van der Waals surface area (Å²) < 4.78 is 21.2. The Morgan fingerprint density at radius 1 is 1.05 bits per heavy atom. The SMILES string of the molecule is COC(=O)c1c(C)cc(N2CCN(C(=O)c3ccc4c(n3)c(C(C)(C)C)cn4-c3ccc(Cl)c(F)c3)C(C)(C)C2)nc1C. The molecular weight excluding hydrogens is 569 g/mol. The van der Waals surface area contributed by atoms with Gasteiger partial charge in [-0.15, -0.1) is 0 Å². The molecule has 1 aliphatic rings. The van der Waals surface area contributed by atoms with Crippen LogP contribution in [0.1, 0.15) is 72.3 Å². The molecule has 3 aromatic heterocycles. The van der Waals surface area contributed by atoms with Crippen LogP contribution in [-0.2, 0) is 10.2 Å². The zero-order chi connectivity index (χ0) is 31.4. The van der Waals surface area contributed by atoms with Crippen molar-refractivity contribution in [3.8, 4) is 5.69 Å². The highest BCUT2D eigenvalue weighted by molar-refractivity contribution is 6.30. The number of hydrogen-bond donors (Lipinski definition) is 0. The fraction of sp³-hybridized carbons (Fsp3) is 0.394. The summed E-state index contributed by atoms with van der Waals surface area (Å²) in [5, 5.41) is 0.0595. The van der Waals surface area contributed by atoms with Crippen LogP contribution in [0.2, 0.25) is 5.02 Å².